The molecule has 5 amide bonds. The lowest BCUT2D eigenvalue weighted by Gasteiger charge is -2.44. The number of sulfone groups is 1. The van der Waals surface area contributed by atoms with Gasteiger partial charge in [-0.05, 0) is 88.4 Å². The van der Waals surface area contributed by atoms with Crippen LogP contribution in [0.4, 0.5) is 4.79 Å². The average molecular weight is 748 g/mol. The van der Waals surface area contributed by atoms with E-state index in [0.29, 0.717) is 32.2 Å². The van der Waals surface area contributed by atoms with Crippen LogP contribution in [0.5, 0.6) is 0 Å². The first-order valence-electron chi connectivity index (χ1n) is 20.0. The molecule has 13 heteroatoms. The van der Waals surface area contributed by atoms with Gasteiger partial charge in [-0.3, -0.25) is 19.2 Å². The number of nitrogens with one attached hydrogen (secondary N) is 4. The third-order valence-electron chi connectivity index (χ3n) is 13.2. The van der Waals surface area contributed by atoms with Crippen molar-refractivity contribution in [1.29, 1.82) is 0 Å². The fourth-order valence-corrected chi connectivity index (χ4v) is 10.8. The van der Waals surface area contributed by atoms with Crippen molar-refractivity contribution in [2.24, 2.45) is 22.7 Å². The number of hydrogen-bond donors (Lipinski definition) is 4. The number of rotatable bonds is 14. The van der Waals surface area contributed by atoms with Crippen LogP contribution >= 0.6 is 0 Å². The summed E-state index contributed by atoms with van der Waals surface area (Å²) in [5, 5.41) is 11.8. The second-order valence-corrected chi connectivity index (χ2v) is 21.4. The van der Waals surface area contributed by atoms with E-state index in [-0.39, 0.29) is 35.0 Å². The Morgan fingerprint density at radius 1 is 0.865 bits per heavy atom. The van der Waals surface area contributed by atoms with Crippen LogP contribution in [0.1, 0.15) is 145 Å². The highest BCUT2D eigenvalue weighted by Gasteiger charge is 2.70. The lowest BCUT2D eigenvalue weighted by atomic mass is 9.70. The van der Waals surface area contributed by atoms with Gasteiger partial charge in [0.1, 0.15) is 12.1 Å². The molecule has 1 aliphatic heterocycles. The van der Waals surface area contributed by atoms with Crippen LogP contribution < -0.4 is 21.3 Å². The van der Waals surface area contributed by atoms with Gasteiger partial charge < -0.3 is 26.2 Å². The number of carbonyl (C=O) groups is 5. The van der Waals surface area contributed by atoms with Gasteiger partial charge in [0, 0.05) is 12.6 Å². The first-order valence-corrected chi connectivity index (χ1v) is 21.7. The molecule has 1 unspecified atom stereocenters. The predicted molar refractivity (Wildman–Crippen MR) is 200 cm³/mol. The van der Waals surface area contributed by atoms with Gasteiger partial charge in [0.2, 0.25) is 17.6 Å². The number of nitrogens with zero attached hydrogens (tertiary/aromatic N) is 1. The summed E-state index contributed by atoms with van der Waals surface area (Å²) in [5.41, 5.74) is -1.71. The molecule has 0 aromatic rings. The Bertz CT molecular complexity index is 1490. The third kappa shape index (κ3) is 8.65. The minimum Gasteiger partial charge on any atom is -0.347 e. The van der Waals surface area contributed by atoms with Crippen molar-refractivity contribution in [2.45, 2.75) is 179 Å². The number of likely N-dealkylation sites (tertiary alicyclic amines) is 1. The largest absolute Gasteiger partial charge is 0.347 e. The van der Waals surface area contributed by atoms with Crippen molar-refractivity contribution in [3.63, 3.8) is 0 Å². The van der Waals surface area contributed by atoms with Crippen molar-refractivity contribution < 1.29 is 32.4 Å². The molecule has 0 aromatic carbocycles. The van der Waals surface area contributed by atoms with Gasteiger partial charge in [-0.15, -0.1) is 0 Å². The monoisotopic (exact) mass is 747 g/mol. The maximum absolute atomic E-state index is 14.9. The molecule has 0 bridgehead atoms. The number of urea groups is 1. The van der Waals surface area contributed by atoms with Crippen LogP contribution in [0.25, 0.3) is 0 Å². The first kappa shape index (κ1) is 40.5. The Labute approximate surface area is 311 Å². The van der Waals surface area contributed by atoms with Crippen LogP contribution in [0.3, 0.4) is 0 Å². The molecule has 52 heavy (non-hydrogen) atoms. The van der Waals surface area contributed by atoms with E-state index >= 15 is 0 Å². The van der Waals surface area contributed by atoms with Crippen molar-refractivity contribution >= 4 is 39.4 Å². The van der Waals surface area contributed by atoms with Gasteiger partial charge in [0.25, 0.3) is 5.91 Å². The number of ketones is 1. The van der Waals surface area contributed by atoms with Crippen molar-refractivity contribution in [1.82, 2.24) is 26.2 Å². The van der Waals surface area contributed by atoms with Gasteiger partial charge >= 0.3 is 6.03 Å². The average Bonchev–Trinajstić information content (AvgIpc) is 3.92. The second kappa shape index (κ2) is 15.2. The predicted octanol–water partition coefficient (Wildman–Crippen LogP) is 4.55. The van der Waals surface area contributed by atoms with Gasteiger partial charge in [-0.1, -0.05) is 79.1 Å². The molecular weight excluding hydrogens is 683 g/mol. The minimum absolute atomic E-state index is 0.00797. The van der Waals surface area contributed by atoms with Crippen LogP contribution in [0.15, 0.2) is 0 Å². The Hall–Kier alpha value is -2.70. The van der Waals surface area contributed by atoms with E-state index in [0.717, 1.165) is 70.6 Å². The molecule has 12 nitrogen and oxygen atoms in total. The number of carbonyl (C=O) groups excluding carboxylic acids is 5. The highest BCUT2D eigenvalue weighted by atomic mass is 32.2. The molecule has 5 aliphatic rings. The molecule has 0 spiro atoms. The lowest BCUT2D eigenvalue weighted by Crippen LogP contribution is -2.65. The molecule has 1 saturated heterocycles. The SMILES string of the molecule is CCCC[C@H](NC(=O)[C@@H]1C2[C@H](CN1C(=O)[C@@H](NC(=O)NC1(CS(=O)(=O)C(C)(C)C)CCCCC1)C1(C)CCCCC1)C2(C)C)C(=O)C(=O)NC1CC1. The zero-order chi connectivity index (χ0) is 38.3. The third-order valence-corrected chi connectivity index (χ3v) is 16.0. The molecule has 0 radical (unpaired) electrons. The van der Waals surface area contributed by atoms with Crippen LogP contribution in [0.2, 0.25) is 0 Å². The molecular formula is C39H65N5O7S. The summed E-state index contributed by atoms with van der Waals surface area (Å²) in [6.45, 7) is 13.6. The molecule has 4 N–H and O–H groups in total. The summed E-state index contributed by atoms with van der Waals surface area (Å²) in [4.78, 5) is 71.0. The number of piperidine rings is 1. The first-order chi connectivity index (χ1) is 24.3. The van der Waals surface area contributed by atoms with E-state index in [1.807, 2.05) is 13.8 Å². The Morgan fingerprint density at radius 2 is 1.46 bits per heavy atom. The molecule has 5 atom stereocenters. The molecule has 4 saturated carbocycles. The van der Waals surface area contributed by atoms with E-state index in [2.05, 4.69) is 35.1 Å². The molecule has 294 valence electrons. The topological polar surface area (TPSA) is 171 Å². The maximum Gasteiger partial charge on any atom is 0.315 e. The Balaban J connectivity index is 1.39. The van der Waals surface area contributed by atoms with Crippen molar-refractivity contribution in [3.05, 3.63) is 0 Å². The zero-order valence-electron chi connectivity index (χ0n) is 32.7. The standard InChI is InChI=1S/C39H65N5O7S/c1-8-9-16-27(30(45)33(47)40-25-17-18-25)41-32(46)29-28-26(37(28,5)6)23-44(29)34(48)31(38(7)19-12-10-13-20-38)42-35(49)43-39(21-14-11-15-22-39)24-52(50,51)36(2,3)4/h25-29,31H,8-24H2,1-7H3,(H,40,47)(H,41,46)(H2,42,43,49)/t26-,27-,28?,29-,31+/m0/s1. The maximum atomic E-state index is 14.9. The molecule has 4 aliphatic carbocycles. The summed E-state index contributed by atoms with van der Waals surface area (Å²) in [7, 11) is -3.56. The van der Waals surface area contributed by atoms with E-state index in [4.69, 9.17) is 0 Å². The Morgan fingerprint density at radius 3 is 2.02 bits per heavy atom. The normalized spacial score (nSPS) is 27.4. The van der Waals surface area contributed by atoms with Crippen LogP contribution in [0, 0.1) is 22.7 Å². The van der Waals surface area contributed by atoms with Gasteiger partial charge in [-0.25, -0.2) is 13.2 Å². The molecule has 5 rings (SSSR count). The number of Topliss-reactive ketones (excluding diaryl/α,β-unsaturated/α-hetero) is 1. The highest BCUT2D eigenvalue weighted by Crippen LogP contribution is 2.65. The van der Waals surface area contributed by atoms with Gasteiger partial charge in [-0.2, -0.15) is 0 Å². The quantitative estimate of drug-likeness (QED) is 0.189. The second-order valence-electron chi connectivity index (χ2n) is 18.7. The van der Waals surface area contributed by atoms with E-state index in [9.17, 15) is 32.4 Å². The van der Waals surface area contributed by atoms with E-state index < -0.39 is 67.3 Å². The summed E-state index contributed by atoms with van der Waals surface area (Å²) >= 11 is 0. The van der Waals surface area contributed by atoms with Gasteiger partial charge in [0.05, 0.1) is 22.1 Å². The van der Waals surface area contributed by atoms with E-state index in [1.165, 1.54) is 0 Å². The minimum atomic E-state index is -3.56. The molecule has 0 aromatic heterocycles. The zero-order valence-corrected chi connectivity index (χ0v) is 33.5. The Kier molecular flexibility index (Phi) is 11.8. The number of hydrogen-bond acceptors (Lipinski definition) is 7. The molecule has 1 heterocycles. The molecule has 5 fully saturated rings. The summed E-state index contributed by atoms with van der Waals surface area (Å²) in [6.07, 6.45) is 11.4. The number of amides is 5. The summed E-state index contributed by atoms with van der Waals surface area (Å²) < 4.78 is 25.9. The van der Waals surface area contributed by atoms with E-state index in [1.54, 1.807) is 25.7 Å². The van der Waals surface area contributed by atoms with Crippen molar-refractivity contribution in [2.75, 3.05) is 12.3 Å². The number of fused-ring (bicyclic) bond motifs is 1. The van der Waals surface area contributed by atoms with Crippen molar-refractivity contribution in [3.8, 4) is 0 Å². The number of unbranched alkanes of at least 4 members (excludes halogenated alkanes) is 1. The smallest absolute Gasteiger partial charge is 0.315 e. The summed E-state index contributed by atoms with van der Waals surface area (Å²) in [6, 6.07) is -3.33. The fraction of sp³-hybridized carbons (Fsp3) is 0.872. The lowest BCUT2D eigenvalue weighted by molar-refractivity contribution is -0.146. The fourth-order valence-electron chi connectivity index (χ4n) is 9.26. The van der Waals surface area contributed by atoms with Gasteiger partial charge in [0.15, 0.2) is 9.84 Å². The summed E-state index contributed by atoms with van der Waals surface area (Å²) in [5.74, 6) is -2.32. The van der Waals surface area contributed by atoms with Crippen LogP contribution in [-0.4, -0.2) is 89.6 Å². The highest BCUT2D eigenvalue weighted by molar-refractivity contribution is 7.92. The van der Waals surface area contributed by atoms with Crippen LogP contribution in [-0.2, 0) is 29.0 Å².